The average molecular weight is 418 g/mol. The molecule has 0 aromatic heterocycles. The molecule has 0 spiro atoms. The Bertz CT molecular complexity index is 665. The van der Waals surface area contributed by atoms with E-state index in [2.05, 4.69) is 34.4 Å². The number of hydrogen-bond donors (Lipinski definition) is 2. The highest BCUT2D eigenvalue weighted by Gasteiger charge is 2.27. The maximum Gasteiger partial charge on any atom is 0.253 e. The molecular formula is C23H39N5O2. The van der Waals surface area contributed by atoms with Gasteiger partial charge in [-0.05, 0) is 23.6 Å². The molecule has 2 N–H and O–H groups in total. The Morgan fingerprint density at radius 2 is 1.77 bits per heavy atom. The van der Waals surface area contributed by atoms with Crippen LogP contribution in [0.4, 0.5) is 0 Å². The Morgan fingerprint density at radius 1 is 1.13 bits per heavy atom. The van der Waals surface area contributed by atoms with Crippen molar-refractivity contribution in [2.24, 2.45) is 10.9 Å². The molecule has 0 radical (unpaired) electrons. The van der Waals surface area contributed by atoms with Gasteiger partial charge in [-0.15, -0.1) is 0 Å². The molecule has 1 atom stereocenters. The minimum atomic E-state index is 0.0162. The summed E-state index contributed by atoms with van der Waals surface area (Å²) in [6, 6.07) is 8.18. The van der Waals surface area contributed by atoms with Gasteiger partial charge in [0.25, 0.3) is 5.91 Å². The minimum absolute atomic E-state index is 0.0162. The Balaban J connectivity index is 1.91. The van der Waals surface area contributed by atoms with E-state index in [-0.39, 0.29) is 5.91 Å². The van der Waals surface area contributed by atoms with E-state index in [4.69, 9.17) is 4.74 Å². The molecule has 7 nitrogen and oxygen atoms in total. The van der Waals surface area contributed by atoms with Crippen LogP contribution >= 0.6 is 0 Å². The second-order valence-corrected chi connectivity index (χ2v) is 8.00. The van der Waals surface area contributed by atoms with E-state index in [0.717, 1.165) is 44.4 Å². The Labute approximate surface area is 181 Å². The second-order valence-electron chi connectivity index (χ2n) is 8.00. The first-order valence-corrected chi connectivity index (χ1v) is 11.1. The van der Waals surface area contributed by atoms with E-state index in [1.54, 1.807) is 26.0 Å². The van der Waals surface area contributed by atoms with Crippen molar-refractivity contribution in [1.29, 1.82) is 0 Å². The predicted molar refractivity (Wildman–Crippen MR) is 123 cm³/mol. The highest BCUT2D eigenvalue weighted by molar-refractivity contribution is 5.93. The number of aliphatic imine (C=N–C) groups is 1. The highest BCUT2D eigenvalue weighted by atomic mass is 16.5. The summed E-state index contributed by atoms with van der Waals surface area (Å²) in [5.41, 5.74) is 1.81. The summed E-state index contributed by atoms with van der Waals surface area (Å²) in [4.78, 5) is 20.6. The molecule has 2 rings (SSSR count). The van der Waals surface area contributed by atoms with Gasteiger partial charge >= 0.3 is 0 Å². The Morgan fingerprint density at radius 3 is 2.30 bits per heavy atom. The van der Waals surface area contributed by atoms with Gasteiger partial charge < -0.3 is 20.3 Å². The standard InChI is InChI=1S/C23H39N5O2/c1-6-19(7-2)21(28-12-14-30-15-13-28)17-26-23(24-3)25-16-18-8-10-20(11-9-18)22(29)27(4)5/h8-11,19,21H,6-7,12-17H2,1-5H3,(H2,24,25,26). The van der Waals surface area contributed by atoms with Gasteiger partial charge in [0.2, 0.25) is 0 Å². The van der Waals surface area contributed by atoms with Gasteiger partial charge in [-0.25, -0.2) is 0 Å². The quantitative estimate of drug-likeness (QED) is 0.476. The first-order chi connectivity index (χ1) is 14.5. The van der Waals surface area contributed by atoms with Crippen LogP contribution in [-0.4, -0.2) is 81.7 Å². The number of rotatable bonds is 9. The molecular weight excluding hydrogens is 378 g/mol. The summed E-state index contributed by atoms with van der Waals surface area (Å²) in [5, 5.41) is 6.92. The van der Waals surface area contributed by atoms with Crippen LogP contribution in [0.2, 0.25) is 0 Å². The van der Waals surface area contributed by atoms with Crippen molar-refractivity contribution in [2.45, 2.75) is 39.3 Å². The van der Waals surface area contributed by atoms with Crippen LogP contribution in [0.15, 0.2) is 29.3 Å². The maximum absolute atomic E-state index is 12.0. The van der Waals surface area contributed by atoms with Crippen LogP contribution < -0.4 is 10.6 Å². The molecule has 0 bridgehead atoms. The number of nitrogens with zero attached hydrogens (tertiary/aromatic N) is 3. The van der Waals surface area contributed by atoms with Crippen molar-refractivity contribution < 1.29 is 9.53 Å². The van der Waals surface area contributed by atoms with Gasteiger partial charge in [-0.1, -0.05) is 38.8 Å². The summed E-state index contributed by atoms with van der Waals surface area (Å²) in [7, 11) is 5.33. The highest BCUT2D eigenvalue weighted by Crippen LogP contribution is 2.19. The van der Waals surface area contributed by atoms with E-state index < -0.39 is 0 Å². The molecule has 1 aromatic carbocycles. The lowest BCUT2D eigenvalue weighted by molar-refractivity contribution is 0.00272. The zero-order chi connectivity index (χ0) is 21.9. The van der Waals surface area contributed by atoms with Crippen molar-refractivity contribution in [3.8, 4) is 0 Å². The van der Waals surface area contributed by atoms with Crippen molar-refractivity contribution >= 4 is 11.9 Å². The summed E-state index contributed by atoms with van der Waals surface area (Å²) in [6.45, 7) is 9.69. The number of guanidine groups is 1. The third-order valence-electron chi connectivity index (χ3n) is 5.88. The summed E-state index contributed by atoms with van der Waals surface area (Å²) >= 11 is 0. The molecule has 1 unspecified atom stereocenters. The lowest BCUT2D eigenvalue weighted by Crippen LogP contribution is -2.53. The largest absolute Gasteiger partial charge is 0.379 e. The van der Waals surface area contributed by atoms with E-state index in [0.29, 0.717) is 24.1 Å². The van der Waals surface area contributed by atoms with Crippen LogP contribution in [0.25, 0.3) is 0 Å². The molecule has 1 fully saturated rings. The minimum Gasteiger partial charge on any atom is -0.379 e. The van der Waals surface area contributed by atoms with Crippen LogP contribution in [0.3, 0.4) is 0 Å². The van der Waals surface area contributed by atoms with Gasteiger partial charge in [0, 0.05) is 58.9 Å². The third kappa shape index (κ3) is 6.99. The van der Waals surface area contributed by atoms with Crippen LogP contribution in [0.1, 0.15) is 42.6 Å². The van der Waals surface area contributed by atoms with Crippen molar-refractivity contribution in [1.82, 2.24) is 20.4 Å². The third-order valence-corrected chi connectivity index (χ3v) is 5.88. The molecule has 1 heterocycles. The molecule has 30 heavy (non-hydrogen) atoms. The molecule has 1 aliphatic heterocycles. The fourth-order valence-corrected chi connectivity index (χ4v) is 3.97. The molecule has 1 amide bonds. The molecule has 1 saturated heterocycles. The van der Waals surface area contributed by atoms with E-state index in [9.17, 15) is 4.79 Å². The number of benzene rings is 1. The smallest absolute Gasteiger partial charge is 0.253 e. The number of carbonyl (C=O) groups is 1. The summed E-state index contributed by atoms with van der Waals surface area (Å²) < 4.78 is 5.55. The topological polar surface area (TPSA) is 69.2 Å². The van der Waals surface area contributed by atoms with Crippen LogP contribution in [0.5, 0.6) is 0 Å². The number of amides is 1. The van der Waals surface area contributed by atoms with Crippen LogP contribution in [0, 0.1) is 5.92 Å². The van der Waals surface area contributed by atoms with E-state index in [1.807, 2.05) is 24.3 Å². The normalized spacial score (nSPS) is 16.4. The number of ether oxygens (including phenoxy) is 1. The van der Waals surface area contributed by atoms with Crippen molar-refractivity contribution in [2.75, 3.05) is 54.0 Å². The lowest BCUT2D eigenvalue weighted by atomic mass is 9.92. The second kappa shape index (κ2) is 12.5. The lowest BCUT2D eigenvalue weighted by Gasteiger charge is -2.39. The van der Waals surface area contributed by atoms with Gasteiger partial charge in [-0.3, -0.25) is 14.7 Å². The SMILES string of the molecule is CCC(CC)C(CNC(=NC)NCc1ccc(C(=O)N(C)C)cc1)N1CCOCC1. The molecule has 1 aromatic rings. The molecule has 1 aliphatic rings. The predicted octanol–water partition coefficient (Wildman–Crippen LogP) is 2.19. The number of hydrogen-bond acceptors (Lipinski definition) is 4. The molecule has 0 saturated carbocycles. The fraction of sp³-hybridized carbons (Fsp3) is 0.652. The van der Waals surface area contributed by atoms with Crippen molar-refractivity contribution in [3.05, 3.63) is 35.4 Å². The average Bonchev–Trinajstić information content (AvgIpc) is 2.78. The fourth-order valence-electron chi connectivity index (χ4n) is 3.97. The first kappa shape index (κ1) is 24.2. The van der Waals surface area contributed by atoms with E-state index in [1.165, 1.54) is 12.8 Å². The number of carbonyl (C=O) groups excluding carboxylic acids is 1. The first-order valence-electron chi connectivity index (χ1n) is 11.1. The van der Waals surface area contributed by atoms with Crippen LogP contribution in [-0.2, 0) is 11.3 Å². The number of morpholine rings is 1. The summed E-state index contributed by atoms with van der Waals surface area (Å²) in [5.74, 6) is 1.46. The van der Waals surface area contributed by atoms with Gasteiger partial charge in [0.15, 0.2) is 5.96 Å². The van der Waals surface area contributed by atoms with E-state index >= 15 is 0 Å². The van der Waals surface area contributed by atoms with Gasteiger partial charge in [0.05, 0.1) is 13.2 Å². The monoisotopic (exact) mass is 417 g/mol. The van der Waals surface area contributed by atoms with Crippen molar-refractivity contribution in [3.63, 3.8) is 0 Å². The zero-order valence-corrected chi connectivity index (χ0v) is 19.3. The molecule has 0 aliphatic carbocycles. The Kier molecular flexibility index (Phi) is 10.1. The summed E-state index contributed by atoms with van der Waals surface area (Å²) in [6.07, 6.45) is 2.34. The zero-order valence-electron chi connectivity index (χ0n) is 19.3. The molecule has 7 heteroatoms. The maximum atomic E-state index is 12.0. The molecule has 168 valence electrons. The Hall–Kier alpha value is -2.12. The van der Waals surface area contributed by atoms with Gasteiger partial charge in [-0.2, -0.15) is 0 Å². The van der Waals surface area contributed by atoms with Gasteiger partial charge in [0.1, 0.15) is 0 Å². The number of nitrogens with one attached hydrogen (secondary N) is 2.